The van der Waals surface area contributed by atoms with Crippen LogP contribution < -0.4 is 10.1 Å². The van der Waals surface area contributed by atoms with Crippen molar-refractivity contribution in [2.45, 2.75) is 18.9 Å². The second-order valence-corrected chi connectivity index (χ2v) is 4.49. The number of para-hydroxylation sites is 1. The van der Waals surface area contributed by atoms with Gasteiger partial charge in [-0.3, -0.25) is 0 Å². The molecular formula is C14H19NO4. The van der Waals surface area contributed by atoms with Gasteiger partial charge in [0.2, 0.25) is 0 Å². The fraction of sp³-hybridized carbons (Fsp3) is 0.500. The first-order valence-corrected chi connectivity index (χ1v) is 6.55. The lowest BCUT2D eigenvalue weighted by molar-refractivity contribution is 0.0692. The molecule has 0 saturated carbocycles. The Morgan fingerprint density at radius 3 is 3.05 bits per heavy atom. The zero-order valence-corrected chi connectivity index (χ0v) is 10.8. The normalized spacial score (nSPS) is 18.4. The highest BCUT2D eigenvalue weighted by Crippen LogP contribution is 2.17. The van der Waals surface area contributed by atoms with Crippen LogP contribution in [0, 0.1) is 0 Å². The number of nitrogens with one attached hydrogen (secondary N) is 1. The smallest absolute Gasteiger partial charge is 0.339 e. The van der Waals surface area contributed by atoms with E-state index in [9.17, 15) is 4.79 Å². The van der Waals surface area contributed by atoms with E-state index in [0.29, 0.717) is 25.0 Å². The maximum atomic E-state index is 11.0. The van der Waals surface area contributed by atoms with E-state index in [1.807, 2.05) is 0 Å². The topological polar surface area (TPSA) is 67.8 Å². The Kier molecular flexibility index (Phi) is 5.18. The van der Waals surface area contributed by atoms with Crippen LogP contribution in [-0.4, -0.2) is 43.5 Å². The first-order valence-electron chi connectivity index (χ1n) is 6.55. The van der Waals surface area contributed by atoms with Gasteiger partial charge in [0.05, 0.1) is 6.10 Å². The Hall–Kier alpha value is -1.59. The third-order valence-electron chi connectivity index (χ3n) is 3.05. The summed E-state index contributed by atoms with van der Waals surface area (Å²) < 4.78 is 11.0. The van der Waals surface area contributed by atoms with Gasteiger partial charge in [0.15, 0.2) is 0 Å². The Balaban J connectivity index is 1.69. The van der Waals surface area contributed by atoms with Crippen molar-refractivity contribution in [3.05, 3.63) is 29.8 Å². The molecule has 0 aromatic heterocycles. The number of carboxylic acid groups (broad SMARTS) is 1. The SMILES string of the molecule is O=C(O)c1ccccc1OCCNCC1CCCO1. The van der Waals surface area contributed by atoms with E-state index in [4.69, 9.17) is 14.6 Å². The van der Waals surface area contributed by atoms with Gasteiger partial charge in [-0.25, -0.2) is 4.79 Å². The van der Waals surface area contributed by atoms with E-state index in [0.717, 1.165) is 26.0 Å². The van der Waals surface area contributed by atoms with E-state index in [1.165, 1.54) is 6.07 Å². The predicted octanol–water partition coefficient (Wildman–Crippen LogP) is 1.53. The van der Waals surface area contributed by atoms with Crippen molar-refractivity contribution < 1.29 is 19.4 Å². The molecular weight excluding hydrogens is 246 g/mol. The van der Waals surface area contributed by atoms with Gasteiger partial charge in [-0.1, -0.05) is 12.1 Å². The van der Waals surface area contributed by atoms with E-state index in [-0.39, 0.29) is 5.56 Å². The molecule has 0 radical (unpaired) electrons. The molecule has 0 aliphatic carbocycles. The van der Waals surface area contributed by atoms with Crippen molar-refractivity contribution in [1.82, 2.24) is 5.32 Å². The van der Waals surface area contributed by atoms with Crippen molar-refractivity contribution in [2.75, 3.05) is 26.3 Å². The molecule has 0 amide bonds. The summed E-state index contributed by atoms with van der Waals surface area (Å²) in [7, 11) is 0. The quantitative estimate of drug-likeness (QED) is 0.732. The van der Waals surface area contributed by atoms with Crippen LogP contribution in [0.25, 0.3) is 0 Å². The number of hydrogen-bond acceptors (Lipinski definition) is 4. The summed E-state index contributed by atoms with van der Waals surface area (Å²) in [6, 6.07) is 6.66. The van der Waals surface area contributed by atoms with Crippen LogP contribution in [0.5, 0.6) is 5.75 Å². The van der Waals surface area contributed by atoms with Crippen LogP contribution in [0.2, 0.25) is 0 Å². The molecule has 1 aromatic carbocycles. The zero-order valence-electron chi connectivity index (χ0n) is 10.8. The second-order valence-electron chi connectivity index (χ2n) is 4.49. The summed E-state index contributed by atoms with van der Waals surface area (Å²) in [6.45, 7) is 2.80. The third kappa shape index (κ3) is 4.22. The Labute approximate surface area is 112 Å². The molecule has 1 fully saturated rings. The minimum absolute atomic E-state index is 0.196. The molecule has 5 nitrogen and oxygen atoms in total. The highest BCUT2D eigenvalue weighted by molar-refractivity contribution is 5.90. The first-order chi connectivity index (χ1) is 9.27. The molecule has 1 aromatic rings. The lowest BCUT2D eigenvalue weighted by Crippen LogP contribution is -2.29. The minimum Gasteiger partial charge on any atom is -0.491 e. The van der Waals surface area contributed by atoms with Gasteiger partial charge >= 0.3 is 5.97 Å². The largest absolute Gasteiger partial charge is 0.491 e. The Bertz CT molecular complexity index is 416. The number of carbonyl (C=O) groups is 1. The third-order valence-corrected chi connectivity index (χ3v) is 3.05. The van der Waals surface area contributed by atoms with Crippen LogP contribution in [0.15, 0.2) is 24.3 Å². The van der Waals surface area contributed by atoms with Crippen molar-refractivity contribution in [2.24, 2.45) is 0 Å². The molecule has 5 heteroatoms. The van der Waals surface area contributed by atoms with Crippen molar-refractivity contribution in [3.8, 4) is 5.75 Å². The van der Waals surface area contributed by atoms with Crippen LogP contribution in [0.4, 0.5) is 0 Å². The van der Waals surface area contributed by atoms with E-state index < -0.39 is 5.97 Å². The van der Waals surface area contributed by atoms with Gasteiger partial charge < -0.3 is 19.9 Å². The lowest BCUT2D eigenvalue weighted by Gasteiger charge is -2.12. The lowest BCUT2D eigenvalue weighted by atomic mass is 10.2. The maximum Gasteiger partial charge on any atom is 0.339 e. The summed E-state index contributed by atoms with van der Waals surface area (Å²) >= 11 is 0. The Morgan fingerprint density at radius 1 is 1.47 bits per heavy atom. The molecule has 2 rings (SSSR count). The molecule has 0 bridgehead atoms. The van der Waals surface area contributed by atoms with E-state index in [1.54, 1.807) is 18.2 Å². The van der Waals surface area contributed by atoms with Crippen molar-refractivity contribution in [1.29, 1.82) is 0 Å². The van der Waals surface area contributed by atoms with Gasteiger partial charge in [-0.05, 0) is 25.0 Å². The van der Waals surface area contributed by atoms with Gasteiger partial charge in [-0.15, -0.1) is 0 Å². The van der Waals surface area contributed by atoms with Gasteiger partial charge in [0, 0.05) is 19.7 Å². The molecule has 19 heavy (non-hydrogen) atoms. The van der Waals surface area contributed by atoms with Crippen LogP contribution in [0.3, 0.4) is 0 Å². The summed E-state index contributed by atoms with van der Waals surface area (Å²) in [6.07, 6.45) is 2.55. The molecule has 1 aliphatic heterocycles. The van der Waals surface area contributed by atoms with Gasteiger partial charge in [0.25, 0.3) is 0 Å². The number of carboxylic acids is 1. The van der Waals surface area contributed by atoms with Gasteiger partial charge in [-0.2, -0.15) is 0 Å². The summed E-state index contributed by atoms with van der Waals surface area (Å²) in [5, 5.41) is 12.2. The fourth-order valence-electron chi connectivity index (χ4n) is 2.07. The molecule has 2 N–H and O–H groups in total. The molecule has 104 valence electrons. The van der Waals surface area contributed by atoms with Gasteiger partial charge in [0.1, 0.15) is 17.9 Å². The molecule has 1 atom stereocenters. The molecule has 0 spiro atoms. The number of rotatable bonds is 7. The van der Waals surface area contributed by atoms with Crippen LogP contribution in [0.1, 0.15) is 23.2 Å². The molecule has 1 unspecified atom stereocenters. The number of hydrogen-bond donors (Lipinski definition) is 2. The average Bonchev–Trinajstić information content (AvgIpc) is 2.92. The number of benzene rings is 1. The second kappa shape index (κ2) is 7.11. The molecule has 1 saturated heterocycles. The number of aromatic carboxylic acids is 1. The fourth-order valence-corrected chi connectivity index (χ4v) is 2.07. The van der Waals surface area contributed by atoms with Crippen LogP contribution >= 0.6 is 0 Å². The maximum absolute atomic E-state index is 11.0. The standard InChI is InChI=1S/C14H19NO4/c16-14(17)12-5-1-2-6-13(12)19-9-7-15-10-11-4-3-8-18-11/h1-2,5-6,11,15H,3-4,7-10H2,(H,16,17). The molecule has 1 heterocycles. The van der Waals surface area contributed by atoms with E-state index >= 15 is 0 Å². The first kappa shape index (κ1) is 13.8. The highest BCUT2D eigenvalue weighted by atomic mass is 16.5. The minimum atomic E-state index is -0.970. The summed E-state index contributed by atoms with van der Waals surface area (Å²) in [5.74, 6) is -0.558. The molecule has 1 aliphatic rings. The van der Waals surface area contributed by atoms with Crippen molar-refractivity contribution in [3.63, 3.8) is 0 Å². The zero-order chi connectivity index (χ0) is 13.5. The predicted molar refractivity (Wildman–Crippen MR) is 70.7 cm³/mol. The van der Waals surface area contributed by atoms with E-state index in [2.05, 4.69) is 5.32 Å². The van der Waals surface area contributed by atoms with Crippen LogP contribution in [-0.2, 0) is 4.74 Å². The summed E-state index contributed by atoms with van der Waals surface area (Å²) in [4.78, 5) is 11.0. The highest BCUT2D eigenvalue weighted by Gasteiger charge is 2.14. The summed E-state index contributed by atoms with van der Waals surface area (Å²) in [5.41, 5.74) is 0.196. The number of ether oxygens (including phenoxy) is 2. The average molecular weight is 265 g/mol. The van der Waals surface area contributed by atoms with Crippen molar-refractivity contribution >= 4 is 5.97 Å². The monoisotopic (exact) mass is 265 g/mol. The Morgan fingerprint density at radius 2 is 2.32 bits per heavy atom.